The molecule has 0 unspecified atom stereocenters. The molecule has 0 N–H and O–H groups in total. The topological polar surface area (TPSA) is 29.0 Å². The van der Waals surface area contributed by atoms with Crippen molar-refractivity contribution >= 4 is 16.6 Å². The van der Waals surface area contributed by atoms with Crippen molar-refractivity contribution in [2.75, 3.05) is 18.0 Å². The normalized spacial score (nSPS) is 17.4. The molecule has 3 heteroatoms. The molecular formula is C27H27N3. The minimum atomic E-state index is 0.548. The maximum Gasteiger partial charge on any atom is 0.132 e. The van der Waals surface area contributed by atoms with Gasteiger partial charge in [-0.05, 0) is 41.0 Å². The molecule has 30 heavy (non-hydrogen) atoms. The summed E-state index contributed by atoms with van der Waals surface area (Å²) in [4.78, 5) is 11.5. The molecule has 0 amide bonds. The summed E-state index contributed by atoms with van der Waals surface area (Å²) in [5.41, 5.74) is 3.61. The first kappa shape index (κ1) is 18.8. The van der Waals surface area contributed by atoms with Gasteiger partial charge in [0.2, 0.25) is 0 Å². The summed E-state index contributed by atoms with van der Waals surface area (Å²) in [6.45, 7) is 4.52. The Morgan fingerprint density at radius 2 is 1.73 bits per heavy atom. The van der Waals surface area contributed by atoms with Crippen LogP contribution in [0.25, 0.3) is 22.0 Å². The maximum atomic E-state index is 4.57. The fourth-order valence-corrected chi connectivity index (χ4v) is 4.83. The average Bonchev–Trinajstić information content (AvgIpc) is 3.28. The van der Waals surface area contributed by atoms with E-state index in [1.807, 2.05) is 6.07 Å². The van der Waals surface area contributed by atoms with Gasteiger partial charge in [-0.2, -0.15) is 0 Å². The largest absolute Gasteiger partial charge is 0.356 e. The van der Waals surface area contributed by atoms with Crippen LogP contribution < -0.4 is 4.90 Å². The number of aromatic nitrogens is 2. The van der Waals surface area contributed by atoms with E-state index >= 15 is 0 Å². The lowest BCUT2D eigenvalue weighted by Crippen LogP contribution is -2.21. The highest BCUT2D eigenvalue weighted by Gasteiger charge is 2.26. The Hall–Kier alpha value is -3.20. The van der Waals surface area contributed by atoms with Crippen molar-refractivity contribution in [3.8, 4) is 11.3 Å². The molecule has 4 aromatic rings. The Morgan fingerprint density at radius 1 is 0.933 bits per heavy atom. The second kappa shape index (κ2) is 8.27. The fraction of sp³-hybridized carbons (Fsp3) is 0.259. The molecule has 3 nitrogen and oxygen atoms in total. The molecule has 1 aromatic heterocycles. The summed E-state index contributed by atoms with van der Waals surface area (Å²) in [6.07, 6.45) is 4.13. The van der Waals surface area contributed by atoms with Crippen molar-refractivity contribution in [3.05, 3.63) is 90.8 Å². The molecule has 1 fully saturated rings. The number of fused-ring (bicyclic) bond motifs is 1. The standard InChI is InChI=1S/C27H27N3/c1-20(24-13-7-11-22-8-5-6-12-25(22)24)16-21-14-15-30(18-21)27-17-26(28-19-29-27)23-9-3-2-4-10-23/h2-13,17,19-21H,14-16,18H2,1H3/t20-,21+/m0/s1. The van der Waals surface area contributed by atoms with Gasteiger partial charge in [0.25, 0.3) is 0 Å². The number of hydrogen-bond donors (Lipinski definition) is 0. The van der Waals surface area contributed by atoms with E-state index in [1.165, 1.54) is 29.2 Å². The van der Waals surface area contributed by atoms with E-state index in [0.717, 1.165) is 30.2 Å². The fourth-order valence-electron chi connectivity index (χ4n) is 4.83. The molecule has 0 saturated carbocycles. The molecule has 0 bridgehead atoms. The van der Waals surface area contributed by atoms with Crippen LogP contribution in [0.2, 0.25) is 0 Å². The first-order chi connectivity index (χ1) is 14.8. The second-order valence-electron chi connectivity index (χ2n) is 8.43. The van der Waals surface area contributed by atoms with E-state index in [9.17, 15) is 0 Å². The quantitative estimate of drug-likeness (QED) is 0.397. The summed E-state index contributed by atoms with van der Waals surface area (Å²) in [5.74, 6) is 2.28. The van der Waals surface area contributed by atoms with E-state index < -0.39 is 0 Å². The van der Waals surface area contributed by atoms with Gasteiger partial charge in [0.15, 0.2) is 0 Å². The molecule has 1 saturated heterocycles. The second-order valence-corrected chi connectivity index (χ2v) is 8.43. The molecule has 0 aliphatic carbocycles. The number of hydrogen-bond acceptors (Lipinski definition) is 3. The van der Waals surface area contributed by atoms with Gasteiger partial charge in [0.05, 0.1) is 5.69 Å². The van der Waals surface area contributed by atoms with Gasteiger partial charge < -0.3 is 4.90 Å². The molecule has 5 rings (SSSR count). The molecule has 0 radical (unpaired) electrons. The third kappa shape index (κ3) is 3.80. The van der Waals surface area contributed by atoms with E-state index in [2.05, 4.69) is 94.6 Å². The lowest BCUT2D eigenvalue weighted by Gasteiger charge is -2.20. The van der Waals surface area contributed by atoms with Crippen molar-refractivity contribution in [3.63, 3.8) is 0 Å². The van der Waals surface area contributed by atoms with Crippen molar-refractivity contribution in [1.82, 2.24) is 9.97 Å². The van der Waals surface area contributed by atoms with Gasteiger partial charge in [0.1, 0.15) is 12.1 Å². The molecule has 2 heterocycles. The third-order valence-electron chi connectivity index (χ3n) is 6.37. The molecule has 150 valence electrons. The first-order valence-corrected chi connectivity index (χ1v) is 10.9. The lowest BCUT2D eigenvalue weighted by atomic mass is 9.87. The molecule has 2 atom stereocenters. The minimum absolute atomic E-state index is 0.548. The van der Waals surface area contributed by atoms with Crippen LogP contribution in [0.15, 0.2) is 85.2 Å². The highest BCUT2D eigenvalue weighted by atomic mass is 15.2. The SMILES string of the molecule is C[C@@H](C[C@H]1CCN(c2cc(-c3ccccc3)ncn2)C1)c1cccc2ccccc12. The minimum Gasteiger partial charge on any atom is -0.356 e. The number of anilines is 1. The van der Waals surface area contributed by atoms with Gasteiger partial charge in [0, 0.05) is 24.7 Å². The average molecular weight is 394 g/mol. The Labute approximate surface area is 178 Å². The van der Waals surface area contributed by atoms with Gasteiger partial charge in [-0.25, -0.2) is 9.97 Å². The van der Waals surface area contributed by atoms with E-state index in [-0.39, 0.29) is 0 Å². The molecule has 1 aliphatic rings. The zero-order valence-electron chi connectivity index (χ0n) is 17.4. The molecule has 0 spiro atoms. The Bertz CT molecular complexity index is 1130. The number of benzene rings is 3. The number of rotatable bonds is 5. The van der Waals surface area contributed by atoms with Crippen LogP contribution in [-0.4, -0.2) is 23.1 Å². The van der Waals surface area contributed by atoms with Crippen LogP contribution in [0.1, 0.15) is 31.2 Å². The van der Waals surface area contributed by atoms with Gasteiger partial charge in [-0.15, -0.1) is 0 Å². The van der Waals surface area contributed by atoms with Crippen molar-refractivity contribution < 1.29 is 0 Å². The van der Waals surface area contributed by atoms with Crippen LogP contribution in [-0.2, 0) is 0 Å². The third-order valence-corrected chi connectivity index (χ3v) is 6.37. The number of nitrogens with zero attached hydrogens (tertiary/aromatic N) is 3. The monoisotopic (exact) mass is 393 g/mol. The van der Waals surface area contributed by atoms with E-state index in [0.29, 0.717) is 11.8 Å². The summed E-state index contributed by atoms with van der Waals surface area (Å²) < 4.78 is 0. The lowest BCUT2D eigenvalue weighted by molar-refractivity contribution is 0.489. The van der Waals surface area contributed by atoms with Crippen molar-refractivity contribution in [2.45, 2.75) is 25.7 Å². The zero-order valence-corrected chi connectivity index (χ0v) is 17.4. The van der Waals surface area contributed by atoms with Crippen LogP contribution in [0, 0.1) is 5.92 Å². The summed E-state index contributed by atoms with van der Waals surface area (Å²) >= 11 is 0. The summed E-state index contributed by atoms with van der Waals surface area (Å²) in [5, 5.41) is 2.73. The van der Waals surface area contributed by atoms with E-state index in [1.54, 1.807) is 6.33 Å². The van der Waals surface area contributed by atoms with Crippen LogP contribution in [0.4, 0.5) is 5.82 Å². The first-order valence-electron chi connectivity index (χ1n) is 10.9. The zero-order chi connectivity index (χ0) is 20.3. The molecule has 3 aromatic carbocycles. The Kier molecular flexibility index (Phi) is 5.18. The predicted molar refractivity (Wildman–Crippen MR) is 125 cm³/mol. The molecular weight excluding hydrogens is 366 g/mol. The highest BCUT2D eigenvalue weighted by molar-refractivity contribution is 5.86. The Morgan fingerprint density at radius 3 is 2.63 bits per heavy atom. The van der Waals surface area contributed by atoms with Gasteiger partial charge in [-0.3, -0.25) is 0 Å². The van der Waals surface area contributed by atoms with Crippen LogP contribution in [0.5, 0.6) is 0 Å². The summed E-state index contributed by atoms with van der Waals surface area (Å²) in [6, 6.07) is 27.9. The molecule has 1 aliphatic heterocycles. The highest BCUT2D eigenvalue weighted by Crippen LogP contribution is 2.34. The smallest absolute Gasteiger partial charge is 0.132 e. The van der Waals surface area contributed by atoms with Crippen LogP contribution in [0.3, 0.4) is 0 Å². The summed E-state index contributed by atoms with van der Waals surface area (Å²) in [7, 11) is 0. The maximum absolute atomic E-state index is 4.57. The van der Waals surface area contributed by atoms with E-state index in [4.69, 9.17) is 0 Å². The predicted octanol–water partition coefficient (Wildman–Crippen LogP) is 6.32. The van der Waals surface area contributed by atoms with Crippen LogP contribution >= 0.6 is 0 Å². The van der Waals surface area contributed by atoms with Crippen molar-refractivity contribution in [1.29, 1.82) is 0 Å². The van der Waals surface area contributed by atoms with Crippen molar-refractivity contribution in [2.24, 2.45) is 5.92 Å². The van der Waals surface area contributed by atoms with Gasteiger partial charge in [-0.1, -0.05) is 79.7 Å². The van der Waals surface area contributed by atoms with Gasteiger partial charge >= 0.3 is 0 Å². The Balaban J connectivity index is 1.29.